The molecule has 30 heavy (non-hydrogen) atoms. The summed E-state index contributed by atoms with van der Waals surface area (Å²) in [7, 11) is 2.02. The van der Waals surface area contributed by atoms with Gasteiger partial charge in [0.25, 0.3) is 0 Å². The van der Waals surface area contributed by atoms with Gasteiger partial charge in [-0.2, -0.15) is 10.4 Å². The smallest absolute Gasteiger partial charge is 0.138 e. The van der Waals surface area contributed by atoms with E-state index in [2.05, 4.69) is 28.3 Å². The summed E-state index contributed by atoms with van der Waals surface area (Å²) in [5, 5.41) is 26.2. The minimum absolute atomic E-state index is 0.0748. The van der Waals surface area contributed by atoms with Gasteiger partial charge in [0, 0.05) is 36.0 Å². The molecule has 4 heterocycles. The Bertz CT molecular complexity index is 1060. The maximum Gasteiger partial charge on any atom is 0.138 e. The summed E-state index contributed by atoms with van der Waals surface area (Å²) in [6.45, 7) is 4.29. The fourth-order valence-corrected chi connectivity index (χ4v) is 3.85. The summed E-state index contributed by atoms with van der Waals surface area (Å²) in [4.78, 5) is 7.01. The van der Waals surface area contributed by atoms with E-state index in [4.69, 9.17) is 14.8 Å². The molecule has 2 N–H and O–H groups in total. The van der Waals surface area contributed by atoms with Crippen LogP contribution < -0.4 is 15.0 Å². The second kappa shape index (κ2) is 8.30. The molecule has 0 spiro atoms. The summed E-state index contributed by atoms with van der Waals surface area (Å²) in [5.41, 5.74) is 3.09. The van der Waals surface area contributed by atoms with Gasteiger partial charge in [-0.25, -0.2) is 9.50 Å². The molecule has 1 saturated heterocycles. The number of aromatic nitrogens is 3. The number of rotatable bonds is 6. The molecule has 0 unspecified atom stereocenters. The van der Waals surface area contributed by atoms with E-state index < -0.39 is 0 Å². The van der Waals surface area contributed by atoms with Crippen LogP contribution in [-0.2, 0) is 0 Å². The van der Waals surface area contributed by atoms with Crippen molar-refractivity contribution in [3.63, 3.8) is 0 Å². The number of piperidine rings is 1. The van der Waals surface area contributed by atoms with Gasteiger partial charge in [0.05, 0.1) is 30.1 Å². The number of nitriles is 1. The maximum atomic E-state index is 9.49. The van der Waals surface area contributed by atoms with Crippen molar-refractivity contribution in [2.45, 2.75) is 25.3 Å². The van der Waals surface area contributed by atoms with E-state index in [0.717, 1.165) is 42.9 Å². The van der Waals surface area contributed by atoms with E-state index in [1.807, 2.05) is 31.4 Å². The SMILES string of the molecule is CNC1(C)CCN(c2ccc(-c3cc(OCCO)cn4ncc(C#N)c34)cn2)CC1. The molecule has 0 amide bonds. The average molecular weight is 406 g/mol. The van der Waals surface area contributed by atoms with Crippen LogP contribution in [0, 0.1) is 11.3 Å². The Labute approximate surface area is 175 Å². The predicted octanol–water partition coefficient (Wildman–Crippen LogP) is 2.22. The molecule has 1 aliphatic rings. The van der Waals surface area contributed by atoms with E-state index in [9.17, 15) is 5.26 Å². The van der Waals surface area contributed by atoms with Gasteiger partial charge in [-0.05, 0) is 45.0 Å². The molecule has 8 heteroatoms. The Morgan fingerprint density at radius 1 is 1.30 bits per heavy atom. The molecular formula is C22H26N6O2. The topological polar surface area (TPSA) is 98.7 Å². The fourth-order valence-electron chi connectivity index (χ4n) is 3.85. The number of nitrogens with zero attached hydrogens (tertiary/aromatic N) is 5. The number of nitrogens with one attached hydrogen (secondary N) is 1. The Kier molecular flexibility index (Phi) is 5.57. The number of fused-ring (bicyclic) bond motifs is 1. The molecule has 8 nitrogen and oxygen atoms in total. The Morgan fingerprint density at radius 3 is 2.73 bits per heavy atom. The Hall–Kier alpha value is -3.15. The molecule has 0 aliphatic carbocycles. The van der Waals surface area contributed by atoms with Crippen molar-refractivity contribution in [2.24, 2.45) is 0 Å². The number of aliphatic hydroxyl groups is 1. The first-order valence-corrected chi connectivity index (χ1v) is 10.1. The van der Waals surface area contributed by atoms with Gasteiger partial charge in [-0.1, -0.05) is 0 Å². The minimum Gasteiger partial charge on any atom is -0.490 e. The molecule has 156 valence electrons. The van der Waals surface area contributed by atoms with Crippen LogP contribution in [0.25, 0.3) is 16.6 Å². The van der Waals surface area contributed by atoms with Crippen molar-refractivity contribution in [3.8, 4) is 22.9 Å². The molecule has 1 fully saturated rings. The molecule has 0 saturated carbocycles. The normalized spacial score (nSPS) is 15.9. The third-order valence-electron chi connectivity index (χ3n) is 5.92. The number of aliphatic hydroxyl groups excluding tert-OH is 1. The fraction of sp³-hybridized carbons (Fsp3) is 0.409. The van der Waals surface area contributed by atoms with E-state index >= 15 is 0 Å². The van der Waals surface area contributed by atoms with Crippen LogP contribution in [0.1, 0.15) is 25.3 Å². The first-order valence-electron chi connectivity index (χ1n) is 10.1. The molecule has 0 aromatic carbocycles. The molecule has 1 aliphatic heterocycles. The summed E-state index contributed by atoms with van der Waals surface area (Å²) < 4.78 is 7.23. The van der Waals surface area contributed by atoms with Crippen molar-refractivity contribution in [1.82, 2.24) is 19.9 Å². The zero-order valence-corrected chi connectivity index (χ0v) is 17.3. The highest BCUT2D eigenvalue weighted by Gasteiger charge is 2.28. The van der Waals surface area contributed by atoms with Crippen molar-refractivity contribution < 1.29 is 9.84 Å². The lowest BCUT2D eigenvalue weighted by Crippen LogP contribution is -2.50. The number of ether oxygens (including phenoxy) is 1. The Balaban J connectivity index is 1.65. The van der Waals surface area contributed by atoms with Crippen LogP contribution in [0.5, 0.6) is 5.75 Å². The second-order valence-corrected chi connectivity index (χ2v) is 7.83. The molecule has 4 rings (SSSR count). The predicted molar refractivity (Wildman–Crippen MR) is 115 cm³/mol. The van der Waals surface area contributed by atoms with Gasteiger partial charge < -0.3 is 20.1 Å². The van der Waals surface area contributed by atoms with E-state index in [1.165, 1.54) is 0 Å². The van der Waals surface area contributed by atoms with Gasteiger partial charge >= 0.3 is 0 Å². The van der Waals surface area contributed by atoms with Gasteiger partial charge in [0.2, 0.25) is 0 Å². The highest BCUT2D eigenvalue weighted by atomic mass is 16.5. The second-order valence-electron chi connectivity index (χ2n) is 7.83. The molecular weight excluding hydrogens is 380 g/mol. The van der Waals surface area contributed by atoms with E-state index in [-0.39, 0.29) is 18.8 Å². The van der Waals surface area contributed by atoms with Gasteiger partial charge in [-0.15, -0.1) is 0 Å². The van der Waals surface area contributed by atoms with Crippen LogP contribution in [0.3, 0.4) is 0 Å². The molecule has 0 bridgehead atoms. The highest BCUT2D eigenvalue weighted by Crippen LogP contribution is 2.32. The third-order valence-corrected chi connectivity index (χ3v) is 5.92. The number of hydrogen-bond donors (Lipinski definition) is 2. The van der Waals surface area contributed by atoms with Gasteiger partial charge in [-0.3, -0.25) is 0 Å². The van der Waals surface area contributed by atoms with Crippen LogP contribution in [0.4, 0.5) is 5.82 Å². The maximum absolute atomic E-state index is 9.49. The van der Waals surface area contributed by atoms with Crippen molar-refractivity contribution in [1.29, 1.82) is 5.26 Å². The highest BCUT2D eigenvalue weighted by molar-refractivity contribution is 5.85. The van der Waals surface area contributed by atoms with Crippen molar-refractivity contribution in [2.75, 3.05) is 38.3 Å². The average Bonchev–Trinajstić information content (AvgIpc) is 3.21. The minimum atomic E-state index is -0.0748. The lowest BCUT2D eigenvalue weighted by atomic mass is 9.90. The van der Waals surface area contributed by atoms with Crippen molar-refractivity contribution in [3.05, 3.63) is 42.4 Å². The van der Waals surface area contributed by atoms with Crippen LogP contribution in [0.15, 0.2) is 36.8 Å². The molecule has 3 aromatic rings. The number of anilines is 1. The first-order chi connectivity index (χ1) is 14.6. The van der Waals surface area contributed by atoms with E-state index in [0.29, 0.717) is 16.8 Å². The number of pyridine rings is 2. The standard InChI is InChI=1S/C22H26N6O2/c1-22(24-2)5-7-27(8-6-22)20-4-3-16(13-25-20)19-11-18(30-10-9-29)15-28-21(19)17(12-23)14-26-28/h3-4,11,13-15,24,29H,5-10H2,1-2H3. The molecule has 0 atom stereocenters. The Morgan fingerprint density at radius 2 is 2.10 bits per heavy atom. The molecule has 0 radical (unpaired) electrons. The number of hydrogen-bond acceptors (Lipinski definition) is 7. The third kappa shape index (κ3) is 3.82. The zero-order valence-electron chi connectivity index (χ0n) is 17.3. The van der Waals surface area contributed by atoms with Gasteiger partial charge in [0.1, 0.15) is 24.2 Å². The lowest BCUT2D eigenvalue weighted by molar-refractivity contribution is 0.201. The van der Waals surface area contributed by atoms with Crippen LogP contribution >= 0.6 is 0 Å². The summed E-state index contributed by atoms with van der Waals surface area (Å²) in [5.74, 6) is 1.53. The van der Waals surface area contributed by atoms with Crippen molar-refractivity contribution >= 4 is 11.3 Å². The lowest BCUT2D eigenvalue weighted by Gasteiger charge is -2.39. The summed E-state index contributed by atoms with van der Waals surface area (Å²) >= 11 is 0. The quantitative estimate of drug-likeness (QED) is 0.648. The largest absolute Gasteiger partial charge is 0.490 e. The molecule has 3 aromatic heterocycles. The zero-order chi connectivity index (χ0) is 21.1. The first kappa shape index (κ1) is 20.1. The van der Waals surface area contributed by atoms with E-state index in [1.54, 1.807) is 16.9 Å². The summed E-state index contributed by atoms with van der Waals surface area (Å²) in [6, 6.07) is 8.11. The van der Waals surface area contributed by atoms with Crippen LogP contribution in [-0.4, -0.2) is 58.6 Å². The summed E-state index contributed by atoms with van der Waals surface area (Å²) in [6.07, 6.45) is 7.23. The van der Waals surface area contributed by atoms with Crippen LogP contribution in [0.2, 0.25) is 0 Å². The van der Waals surface area contributed by atoms with Gasteiger partial charge in [0.15, 0.2) is 0 Å². The monoisotopic (exact) mass is 406 g/mol.